The molecule has 1 fully saturated rings. The van der Waals surface area contributed by atoms with Crippen molar-refractivity contribution in [1.82, 2.24) is 10.2 Å². The van der Waals surface area contributed by atoms with Crippen molar-refractivity contribution in [2.45, 2.75) is 35.8 Å². The normalized spacial score (nSPS) is 23.9. The standard InChI is InChI=1S/C17H26N2S/c1-19-10-7-14(8-11-19)6-9-18-13-16-12-15-4-2-3-5-17(15)20-16/h2-5,14,16,18H,6-13H2,1H3. The quantitative estimate of drug-likeness (QED) is 0.839. The van der Waals surface area contributed by atoms with Crippen LogP contribution in [0.5, 0.6) is 0 Å². The maximum Gasteiger partial charge on any atom is 0.0260 e. The fourth-order valence-electron chi connectivity index (χ4n) is 3.29. The largest absolute Gasteiger partial charge is 0.316 e. The molecule has 2 nitrogen and oxygen atoms in total. The molecule has 2 aliphatic rings. The lowest BCUT2D eigenvalue weighted by atomic mass is 9.94. The number of rotatable bonds is 5. The molecule has 0 aromatic heterocycles. The molecule has 0 radical (unpaired) electrons. The molecule has 1 unspecified atom stereocenters. The summed E-state index contributed by atoms with van der Waals surface area (Å²) in [6.45, 7) is 4.94. The Hall–Kier alpha value is -0.510. The molecule has 1 aromatic carbocycles. The third-order valence-corrected chi connectivity index (χ3v) is 5.97. The Balaban J connectivity index is 1.32. The summed E-state index contributed by atoms with van der Waals surface area (Å²) in [5, 5.41) is 4.43. The van der Waals surface area contributed by atoms with E-state index in [1.54, 1.807) is 5.56 Å². The smallest absolute Gasteiger partial charge is 0.0260 e. The fourth-order valence-corrected chi connectivity index (χ4v) is 4.57. The van der Waals surface area contributed by atoms with Crippen LogP contribution in [0.2, 0.25) is 0 Å². The molecular formula is C17H26N2S. The second-order valence-electron chi connectivity index (χ2n) is 6.29. The Bertz CT molecular complexity index is 402. The lowest BCUT2D eigenvalue weighted by molar-refractivity contribution is 0.212. The topological polar surface area (TPSA) is 15.3 Å². The van der Waals surface area contributed by atoms with Crippen molar-refractivity contribution in [3.05, 3.63) is 29.8 Å². The van der Waals surface area contributed by atoms with E-state index >= 15 is 0 Å². The predicted molar refractivity (Wildman–Crippen MR) is 87.5 cm³/mol. The van der Waals surface area contributed by atoms with Gasteiger partial charge in [0.2, 0.25) is 0 Å². The SMILES string of the molecule is CN1CCC(CCNCC2Cc3ccccc3S2)CC1. The number of hydrogen-bond donors (Lipinski definition) is 1. The van der Waals surface area contributed by atoms with E-state index in [1.807, 2.05) is 0 Å². The van der Waals surface area contributed by atoms with Crippen molar-refractivity contribution in [2.24, 2.45) is 5.92 Å². The molecule has 2 heterocycles. The molecule has 0 bridgehead atoms. The zero-order valence-corrected chi connectivity index (χ0v) is 13.3. The third-order valence-electron chi connectivity index (χ3n) is 4.65. The minimum atomic E-state index is 0.741. The second kappa shape index (κ2) is 6.97. The van der Waals surface area contributed by atoms with Crippen LogP contribution in [0.4, 0.5) is 0 Å². The average Bonchev–Trinajstić information content (AvgIpc) is 2.88. The Morgan fingerprint density at radius 2 is 2.05 bits per heavy atom. The number of thioether (sulfide) groups is 1. The van der Waals surface area contributed by atoms with Gasteiger partial charge in [-0.25, -0.2) is 0 Å². The molecule has 2 aliphatic heterocycles. The molecular weight excluding hydrogens is 264 g/mol. The predicted octanol–water partition coefficient (Wildman–Crippen LogP) is 3.02. The summed E-state index contributed by atoms with van der Waals surface area (Å²) in [6.07, 6.45) is 5.38. The summed E-state index contributed by atoms with van der Waals surface area (Å²) in [7, 11) is 2.24. The molecule has 3 rings (SSSR count). The molecule has 20 heavy (non-hydrogen) atoms. The highest BCUT2D eigenvalue weighted by atomic mass is 32.2. The Labute approximate surface area is 127 Å². The van der Waals surface area contributed by atoms with E-state index in [0.29, 0.717) is 0 Å². The van der Waals surface area contributed by atoms with E-state index in [1.165, 1.54) is 50.2 Å². The van der Waals surface area contributed by atoms with Crippen LogP contribution in [0.3, 0.4) is 0 Å². The number of likely N-dealkylation sites (tertiary alicyclic amines) is 1. The Kier molecular flexibility index (Phi) is 5.03. The minimum absolute atomic E-state index is 0.741. The maximum atomic E-state index is 3.69. The van der Waals surface area contributed by atoms with Gasteiger partial charge in [-0.05, 0) is 69.9 Å². The Morgan fingerprint density at radius 3 is 2.85 bits per heavy atom. The first-order chi connectivity index (χ1) is 9.81. The summed E-state index contributed by atoms with van der Waals surface area (Å²) >= 11 is 2.05. The zero-order chi connectivity index (χ0) is 13.8. The van der Waals surface area contributed by atoms with Crippen LogP contribution in [0.25, 0.3) is 0 Å². The van der Waals surface area contributed by atoms with E-state index in [2.05, 4.69) is 53.3 Å². The monoisotopic (exact) mass is 290 g/mol. The van der Waals surface area contributed by atoms with Crippen LogP contribution in [0.1, 0.15) is 24.8 Å². The molecule has 0 saturated carbocycles. The van der Waals surface area contributed by atoms with Crippen molar-refractivity contribution < 1.29 is 0 Å². The number of benzene rings is 1. The molecule has 110 valence electrons. The molecule has 0 spiro atoms. The highest BCUT2D eigenvalue weighted by molar-refractivity contribution is 8.00. The van der Waals surface area contributed by atoms with Crippen LogP contribution < -0.4 is 5.32 Å². The molecule has 0 aliphatic carbocycles. The van der Waals surface area contributed by atoms with Crippen LogP contribution in [0.15, 0.2) is 29.2 Å². The van der Waals surface area contributed by atoms with E-state index in [4.69, 9.17) is 0 Å². The second-order valence-corrected chi connectivity index (χ2v) is 7.63. The van der Waals surface area contributed by atoms with Gasteiger partial charge in [0, 0.05) is 16.7 Å². The van der Waals surface area contributed by atoms with Gasteiger partial charge in [0.25, 0.3) is 0 Å². The van der Waals surface area contributed by atoms with Gasteiger partial charge < -0.3 is 10.2 Å². The first-order valence-corrected chi connectivity index (χ1v) is 8.83. The average molecular weight is 290 g/mol. The molecule has 1 atom stereocenters. The highest BCUT2D eigenvalue weighted by Crippen LogP contribution is 2.36. The van der Waals surface area contributed by atoms with Gasteiger partial charge in [0.05, 0.1) is 0 Å². The molecule has 1 N–H and O–H groups in total. The summed E-state index contributed by atoms with van der Waals surface area (Å²) < 4.78 is 0. The number of nitrogens with one attached hydrogen (secondary N) is 1. The van der Waals surface area contributed by atoms with Gasteiger partial charge in [-0.2, -0.15) is 0 Å². The Morgan fingerprint density at radius 1 is 1.25 bits per heavy atom. The molecule has 1 aromatic rings. The number of fused-ring (bicyclic) bond motifs is 1. The van der Waals surface area contributed by atoms with Gasteiger partial charge >= 0.3 is 0 Å². The van der Waals surface area contributed by atoms with Crippen molar-refractivity contribution >= 4 is 11.8 Å². The van der Waals surface area contributed by atoms with Crippen molar-refractivity contribution in [1.29, 1.82) is 0 Å². The van der Waals surface area contributed by atoms with Gasteiger partial charge in [0.1, 0.15) is 0 Å². The van der Waals surface area contributed by atoms with Gasteiger partial charge in [-0.3, -0.25) is 0 Å². The molecule has 0 amide bonds. The van der Waals surface area contributed by atoms with E-state index in [0.717, 1.165) is 17.7 Å². The first-order valence-electron chi connectivity index (χ1n) is 7.95. The van der Waals surface area contributed by atoms with Gasteiger partial charge in [-0.1, -0.05) is 18.2 Å². The van der Waals surface area contributed by atoms with Gasteiger partial charge in [0.15, 0.2) is 0 Å². The zero-order valence-electron chi connectivity index (χ0n) is 12.5. The van der Waals surface area contributed by atoms with Crippen molar-refractivity contribution in [2.75, 3.05) is 33.2 Å². The summed E-state index contributed by atoms with van der Waals surface area (Å²) in [4.78, 5) is 3.95. The molecule has 1 saturated heterocycles. The lowest BCUT2D eigenvalue weighted by Gasteiger charge is -2.29. The van der Waals surface area contributed by atoms with Gasteiger partial charge in [-0.15, -0.1) is 11.8 Å². The first kappa shape index (κ1) is 14.4. The minimum Gasteiger partial charge on any atom is -0.316 e. The third kappa shape index (κ3) is 3.78. The summed E-state index contributed by atoms with van der Waals surface area (Å²) in [5.41, 5.74) is 1.54. The van der Waals surface area contributed by atoms with Crippen LogP contribution in [0, 0.1) is 5.92 Å². The summed E-state index contributed by atoms with van der Waals surface area (Å²) in [5.74, 6) is 0.951. The van der Waals surface area contributed by atoms with Crippen LogP contribution in [-0.2, 0) is 6.42 Å². The highest BCUT2D eigenvalue weighted by Gasteiger charge is 2.21. The molecule has 3 heteroatoms. The van der Waals surface area contributed by atoms with E-state index in [-0.39, 0.29) is 0 Å². The summed E-state index contributed by atoms with van der Waals surface area (Å²) in [6, 6.07) is 8.86. The van der Waals surface area contributed by atoms with Crippen molar-refractivity contribution in [3.8, 4) is 0 Å². The van der Waals surface area contributed by atoms with Crippen LogP contribution in [-0.4, -0.2) is 43.4 Å². The number of nitrogens with zero attached hydrogens (tertiary/aromatic N) is 1. The number of hydrogen-bond acceptors (Lipinski definition) is 3. The van der Waals surface area contributed by atoms with Crippen molar-refractivity contribution in [3.63, 3.8) is 0 Å². The van der Waals surface area contributed by atoms with E-state index < -0.39 is 0 Å². The van der Waals surface area contributed by atoms with Crippen LogP contribution >= 0.6 is 11.8 Å². The fraction of sp³-hybridized carbons (Fsp3) is 0.647. The maximum absolute atomic E-state index is 3.69. The lowest BCUT2D eigenvalue weighted by Crippen LogP contribution is -2.32. The van der Waals surface area contributed by atoms with E-state index in [9.17, 15) is 0 Å². The number of piperidine rings is 1.